The molecule has 0 aliphatic carbocycles. The standard InChI is InChI=1S/C17H17ClN2O/c18-16-6-5-14(19)11-15(16)17(21)20-9-7-12-3-1-2-4-13(12)8-10-20/h1-6,11H,7-10,19H2. The molecule has 1 amide bonds. The number of nitrogens with zero attached hydrogens (tertiary/aromatic N) is 1. The number of amides is 1. The molecule has 2 aromatic rings. The number of hydrogen-bond donors (Lipinski definition) is 1. The SMILES string of the molecule is Nc1ccc(Cl)c(C(=O)N2CCc3ccccc3CC2)c1. The maximum Gasteiger partial charge on any atom is 0.255 e. The van der Waals surface area contributed by atoms with Crippen molar-refractivity contribution in [2.24, 2.45) is 0 Å². The number of nitrogens with two attached hydrogens (primary N) is 1. The van der Waals surface area contributed by atoms with Crippen LogP contribution in [0.1, 0.15) is 21.5 Å². The van der Waals surface area contributed by atoms with Crippen LogP contribution >= 0.6 is 11.6 Å². The topological polar surface area (TPSA) is 46.3 Å². The molecule has 0 saturated carbocycles. The Labute approximate surface area is 129 Å². The van der Waals surface area contributed by atoms with Crippen molar-refractivity contribution in [3.63, 3.8) is 0 Å². The van der Waals surface area contributed by atoms with Gasteiger partial charge in [0, 0.05) is 18.8 Å². The minimum absolute atomic E-state index is 0.0416. The van der Waals surface area contributed by atoms with Gasteiger partial charge in [-0.25, -0.2) is 0 Å². The zero-order valence-corrected chi connectivity index (χ0v) is 12.4. The van der Waals surface area contributed by atoms with E-state index in [0.717, 1.165) is 12.8 Å². The normalized spacial score (nSPS) is 14.4. The number of fused-ring (bicyclic) bond motifs is 1. The molecule has 3 nitrogen and oxygen atoms in total. The van der Waals surface area contributed by atoms with Gasteiger partial charge in [-0.1, -0.05) is 35.9 Å². The number of rotatable bonds is 1. The molecule has 2 N–H and O–H groups in total. The van der Waals surface area contributed by atoms with Gasteiger partial charge in [0.15, 0.2) is 0 Å². The highest BCUT2D eigenvalue weighted by atomic mass is 35.5. The third-order valence-electron chi connectivity index (χ3n) is 3.93. The summed E-state index contributed by atoms with van der Waals surface area (Å²) in [5, 5.41) is 0.455. The Morgan fingerprint density at radius 3 is 2.29 bits per heavy atom. The van der Waals surface area contributed by atoms with Gasteiger partial charge < -0.3 is 10.6 Å². The number of hydrogen-bond acceptors (Lipinski definition) is 2. The summed E-state index contributed by atoms with van der Waals surface area (Å²) in [6.45, 7) is 1.42. The number of anilines is 1. The average Bonchev–Trinajstić information content (AvgIpc) is 2.71. The molecule has 1 heterocycles. The second-order valence-electron chi connectivity index (χ2n) is 5.30. The van der Waals surface area contributed by atoms with E-state index in [2.05, 4.69) is 12.1 Å². The number of benzene rings is 2. The highest BCUT2D eigenvalue weighted by molar-refractivity contribution is 6.34. The molecule has 3 rings (SSSR count). The van der Waals surface area contributed by atoms with Gasteiger partial charge in [0.1, 0.15) is 0 Å². The minimum atomic E-state index is -0.0416. The van der Waals surface area contributed by atoms with Crippen LogP contribution in [0.5, 0.6) is 0 Å². The molecular formula is C17H17ClN2O. The van der Waals surface area contributed by atoms with Gasteiger partial charge in [0.05, 0.1) is 10.6 Å². The molecule has 0 fully saturated rings. The third-order valence-corrected chi connectivity index (χ3v) is 4.26. The molecule has 1 aliphatic rings. The molecule has 0 radical (unpaired) electrons. The van der Waals surface area contributed by atoms with Crippen molar-refractivity contribution < 1.29 is 4.79 Å². The fraction of sp³-hybridized carbons (Fsp3) is 0.235. The fourth-order valence-electron chi connectivity index (χ4n) is 2.75. The van der Waals surface area contributed by atoms with Crippen molar-refractivity contribution in [3.8, 4) is 0 Å². The molecule has 0 atom stereocenters. The molecule has 4 heteroatoms. The fourth-order valence-corrected chi connectivity index (χ4v) is 2.95. The quantitative estimate of drug-likeness (QED) is 0.822. The van der Waals surface area contributed by atoms with E-state index in [-0.39, 0.29) is 5.91 Å². The summed E-state index contributed by atoms with van der Waals surface area (Å²) in [5.41, 5.74) is 9.46. The minimum Gasteiger partial charge on any atom is -0.399 e. The number of carbonyl (C=O) groups is 1. The lowest BCUT2D eigenvalue weighted by Crippen LogP contribution is -2.33. The summed E-state index contributed by atoms with van der Waals surface area (Å²) in [7, 11) is 0. The third kappa shape index (κ3) is 2.88. The van der Waals surface area contributed by atoms with Crippen LogP contribution in [-0.2, 0) is 12.8 Å². The average molecular weight is 301 g/mol. The van der Waals surface area contributed by atoms with E-state index in [1.54, 1.807) is 18.2 Å². The zero-order valence-electron chi connectivity index (χ0n) is 11.7. The second-order valence-corrected chi connectivity index (χ2v) is 5.71. The highest BCUT2D eigenvalue weighted by Crippen LogP contribution is 2.22. The molecular weight excluding hydrogens is 284 g/mol. The lowest BCUT2D eigenvalue weighted by molar-refractivity contribution is 0.0763. The Morgan fingerprint density at radius 1 is 1.05 bits per heavy atom. The first-order valence-electron chi connectivity index (χ1n) is 7.06. The van der Waals surface area contributed by atoms with E-state index in [1.807, 2.05) is 17.0 Å². The Kier molecular flexibility index (Phi) is 3.84. The van der Waals surface area contributed by atoms with Crippen molar-refractivity contribution in [1.29, 1.82) is 0 Å². The molecule has 1 aliphatic heterocycles. The lowest BCUT2D eigenvalue weighted by atomic mass is 10.0. The van der Waals surface area contributed by atoms with Crippen molar-refractivity contribution in [1.82, 2.24) is 4.90 Å². The van der Waals surface area contributed by atoms with E-state index < -0.39 is 0 Å². The van der Waals surface area contributed by atoms with Crippen molar-refractivity contribution in [2.45, 2.75) is 12.8 Å². The molecule has 0 unspecified atom stereocenters. The Balaban J connectivity index is 1.82. The van der Waals surface area contributed by atoms with Crippen molar-refractivity contribution >= 4 is 23.2 Å². The monoisotopic (exact) mass is 300 g/mol. The predicted molar refractivity (Wildman–Crippen MR) is 85.6 cm³/mol. The molecule has 0 bridgehead atoms. The van der Waals surface area contributed by atoms with Crippen LogP contribution < -0.4 is 5.73 Å². The van der Waals surface area contributed by atoms with Crippen LogP contribution in [0.3, 0.4) is 0 Å². The summed E-state index contributed by atoms with van der Waals surface area (Å²) in [6.07, 6.45) is 1.75. The van der Waals surface area contributed by atoms with E-state index in [1.165, 1.54) is 11.1 Å². The molecule has 108 valence electrons. The molecule has 0 spiro atoms. The van der Waals surface area contributed by atoms with Gasteiger partial charge in [-0.3, -0.25) is 4.79 Å². The zero-order chi connectivity index (χ0) is 14.8. The maximum atomic E-state index is 12.7. The number of carbonyl (C=O) groups excluding carboxylic acids is 1. The van der Waals surface area contributed by atoms with E-state index in [0.29, 0.717) is 29.4 Å². The van der Waals surface area contributed by atoms with Gasteiger partial charge in [-0.2, -0.15) is 0 Å². The Morgan fingerprint density at radius 2 is 1.67 bits per heavy atom. The maximum absolute atomic E-state index is 12.7. The summed E-state index contributed by atoms with van der Waals surface area (Å²) < 4.78 is 0. The molecule has 2 aromatic carbocycles. The van der Waals surface area contributed by atoms with Crippen molar-refractivity contribution in [2.75, 3.05) is 18.8 Å². The first kappa shape index (κ1) is 14.0. The Bertz CT molecular complexity index is 657. The number of nitrogen functional groups attached to an aromatic ring is 1. The second kappa shape index (κ2) is 5.78. The van der Waals surface area contributed by atoms with E-state index >= 15 is 0 Å². The van der Waals surface area contributed by atoms with E-state index in [4.69, 9.17) is 17.3 Å². The van der Waals surface area contributed by atoms with Gasteiger partial charge in [0.2, 0.25) is 0 Å². The highest BCUT2D eigenvalue weighted by Gasteiger charge is 2.21. The Hall–Kier alpha value is -2.00. The molecule has 0 saturated heterocycles. The first-order valence-corrected chi connectivity index (χ1v) is 7.44. The smallest absolute Gasteiger partial charge is 0.255 e. The summed E-state index contributed by atoms with van der Waals surface area (Å²) in [5.74, 6) is -0.0416. The first-order chi connectivity index (χ1) is 10.1. The van der Waals surface area contributed by atoms with E-state index in [9.17, 15) is 4.79 Å². The van der Waals surface area contributed by atoms with Gasteiger partial charge in [-0.15, -0.1) is 0 Å². The van der Waals surface area contributed by atoms with Crippen LogP contribution in [0.25, 0.3) is 0 Å². The van der Waals surface area contributed by atoms with Gasteiger partial charge in [-0.05, 0) is 42.2 Å². The van der Waals surface area contributed by atoms with Crippen molar-refractivity contribution in [3.05, 3.63) is 64.2 Å². The predicted octanol–water partition coefficient (Wildman–Crippen LogP) is 3.16. The molecule has 0 aromatic heterocycles. The summed E-state index contributed by atoms with van der Waals surface area (Å²) >= 11 is 6.14. The van der Waals surface area contributed by atoms with Crippen LogP contribution in [0.2, 0.25) is 5.02 Å². The molecule has 21 heavy (non-hydrogen) atoms. The summed E-state index contributed by atoms with van der Waals surface area (Å²) in [4.78, 5) is 14.5. The largest absolute Gasteiger partial charge is 0.399 e. The number of halogens is 1. The van der Waals surface area contributed by atoms with Crippen LogP contribution in [0.15, 0.2) is 42.5 Å². The van der Waals surface area contributed by atoms with Crippen LogP contribution in [-0.4, -0.2) is 23.9 Å². The lowest BCUT2D eigenvalue weighted by Gasteiger charge is -2.21. The van der Waals surface area contributed by atoms with Crippen LogP contribution in [0.4, 0.5) is 5.69 Å². The van der Waals surface area contributed by atoms with Crippen LogP contribution in [0, 0.1) is 0 Å². The van der Waals surface area contributed by atoms with Gasteiger partial charge in [0.25, 0.3) is 5.91 Å². The summed E-state index contributed by atoms with van der Waals surface area (Å²) in [6, 6.07) is 13.4. The van der Waals surface area contributed by atoms with Gasteiger partial charge >= 0.3 is 0 Å².